The van der Waals surface area contributed by atoms with E-state index in [1.165, 1.54) is 11.8 Å². The predicted molar refractivity (Wildman–Crippen MR) is 85.1 cm³/mol. The first-order valence-electron chi connectivity index (χ1n) is 6.08. The molecule has 2 rings (SSSR count). The number of ether oxygens (including phenoxy) is 2. The number of nitrogens with zero attached hydrogens (tertiary/aromatic N) is 1. The van der Waals surface area contributed by atoms with Crippen LogP contribution in [-0.4, -0.2) is 35.9 Å². The number of hydrogen-bond donors (Lipinski definition) is 0. The van der Waals surface area contributed by atoms with Gasteiger partial charge in [-0.2, -0.15) is 0 Å². The minimum atomic E-state index is -0.0626. The van der Waals surface area contributed by atoms with E-state index in [0.29, 0.717) is 27.3 Å². The molecule has 0 aromatic heterocycles. The van der Waals surface area contributed by atoms with Crippen LogP contribution in [0.15, 0.2) is 23.1 Å². The molecule has 1 aromatic rings. The van der Waals surface area contributed by atoms with Crippen LogP contribution in [0.25, 0.3) is 6.08 Å². The summed E-state index contributed by atoms with van der Waals surface area (Å²) in [5.41, 5.74) is 0.795. The van der Waals surface area contributed by atoms with E-state index >= 15 is 0 Å². The van der Waals surface area contributed by atoms with Gasteiger partial charge in [0.1, 0.15) is 15.8 Å². The number of methoxy groups -OCH3 is 2. The number of amides is 1. The van der Waals surface area contributed by atoms with Gasteiger partial charge in [-0.25, -0.2) is 0 Å². The highest BCUT2D eigenvalue weighted by Crippen LogP contribution is 2.35. The van der Waals surface area contributed by atoms with Crippen LogP contribution in [-0.2, 0) is 4.79 Å². The molecule has 0 spiro atoms. The zero-order chi connectivity index (χ0) is 14.7. The number of thioether (sulfide) groups is 1. The van der Waals surface area contributed by atoms with Crippen molar-refractivity contribution < 1.29 is 14.3 Å². The molecule has 1 amide bonds. The summed E-state index contributed by atoms with van der Waals surface area (Å²) in [6, 6.07) is 5.45. The van der Waals surface area contributed by atoms with Crippen LogP contribution >= 0.6 is 24.0 Å². The Morgan fingerprint density at radius 1 is 1.35 bits per heavy atom. The number of carbonyl (C=O) groups excluding carboxylic acids is 1. The predicted octanol–water partition coefficient (Wildman–Crippen LogP) is 2.92. The fourth-order valence-corrected chi connectivity index (χ4v) is 3.24. The lowest BCUT2D eigenvalue weighted by Crippen LogP contribution is -2.27. The van der Waals surface area contributed by atoms with E-state index in [0.717, 1.165) is 5.56 Å². The summed E-state index contributed by atoms with van der Waals surface area (Å²) in [6.07, 6.45) is 1.79. The number of thiocarbonyl (C=S) groups is 1. The topological polar surface area (TPSA) is 38.8 Å². The molecule has 4 nitrogen and oxygen atoms in total. The lowest BCUT2D eigenvalue weighted by Gasteiger charge is -2.10. The number of rotatable bonds is 4. The van der Waals surface area contributed by atoms with Crippen molar-refractivity contribution in [2.24, 2.45) is 0 Å². The minimum Gasteiger partial charge on any atom is -0.497 e. The molecule has 106 valence electrons. The second-order valence-corrected chi connectivity index (χ2v) is 5.71. The summed E-state index contributed by atoms with van der Waals surface area (Å²) in [5, 5.41) is 0. The molecule has 1 aliphatic rings. The van der Waals surface area contributed by atoms with E-state index in [-0.39, 0.29) is 5.91 Å². The Balaban J connectivity index is 2.40. The maximum Gasteiger partial charge on any atom is 0.266 e. The maximum absolute atomic E-state index is 12.2. The molecule has 1 saturated heterocycles. The largest absolute Gasteiger partial charge is 0.497 e. The molecule has 0 unspecified atom stereocenters. The Kier molecular flexibility index (Phi) is 4.67. The van der Waals surface area contributed by atoms with Gasteiger partial charge in [0.05, 0.1) is 19.1 Å². The van der Waals surface area contributed by atoms with Crippen LogP contribution < -0.4 is 9.47 Å². The third kappa shape index (κ3) is 2.81. The van der Waals surface area contributed by atoms with E-state index in [1.807, 2.05) is 25.1 Å². The van der Waals surface area contributed by atoms with Crippen molar-refractivity contribution in [1.82, 2.24) is 4.90 Å². The summed E-state index contributed by atoms with van der Waals surface area (Å²) in [7, 11) is 3.19. The van der Waals surface area contributed by atoms with Crippen LogP contribution in [0.5, 0.6) is 11.5 Å². The summed E-state index contributed by atoms with van der Waals surface area (Å²) in [6.45, 7) is 2.48. The fraction of sp³-hybridized carbons (Fsp3) is 0.286. The SMILES string of the molecule is CCN1C(=O)C(=Cc2cc(OC)ccc2OC)SC1=S. The molecule has 1 aliphatic heterocycles. The average molecular weight is 309 g/mol. The van der Waals surface area contributed by atoms with Gasteiger partial charge in [-0.15, -0.1) is 0 Å². The summed E-state index contributed by atoms with van der Waals surface area (Å²) >= 11 is 6.50. The van der Waals surface area contributed by atoms with Crippen LogP contribution in [0.3, 0.4) is 0 Å². The monoisotopic (exact) mass is 309 g/mol. The molecule has 0 bridgehead atoms. The van der Waals surface area contributed by atoms with Crippen LogP contribution in [0.2, 0.25) is 0 Å². The van der Waals surface area contributed by atoms with Crippen molar-refractivity contribution >= 4 is 40.3 Å². The fourth-order valence-electron chi connectivity index (χ4n) is 1.87. The van der Waals surface area contributed by atoms with E-state index < -0.39 is 0 Å². The molecule has 1 heterocycles. The Hall–Kier alpha value is -1.53. The van der Waals surface area contributed by atoms with E-state index in [9.17, 15) is 4.79 Å². The lowest BCUT2D eigenvalue weighted by molar-refractivity contribution is -0.121. The van der Waals surface area contributed by atoms with Crippen LogP contribution in [0, 0.1) is 0 Å². The summed E-state index contributed by atoms with van der Waals surface area (Å²) < 4.78 is 11.1. The van der Waals surface area contributed by atoms with Gasteiger partial charge in [0.2, 0.25) is 0 Å². The number of likely N-dealkylation sites (N-methyl/N-ethyl adjacent to an activating group) is 1. The van der Waals surface area contributed by atoms with Crippen molar-refractivity contribution in [3.05, 3.63) is 28.7 Å². The average Bonchev–Trinajstić information content (AvgIpc) is 2.72. The number of hydrogen-bond acceptors (Lipinski definition) is 5. The smallest absolute Gasteiger partial charge is 0.266 e. The highest BCUT2D eigenvalue weighted by molar-refractivity contribution is 8.26. The number of carbonyl (C=O) groups is 1. The highest BCUT2D eigenvalue weighted by atomic mass is 32.2. The molecular weight excluding hydrogens is 294 g/mol. The zero-order valence-corrected chi connectivity index (χ0v) is 13.1. The van der Waals surface area contributed by atoms with E-state index in [2.05, 4.69) is 0 Å². The van der Waals surface area contributed by atoms with Crippen LogP contribution in [0.1, 0.15) is 12.5 Å². The van der Waals surface area contributed by atoms with Crippen molar-refractivity contribution in [3.63, 3.8) is 0 Å². The molecule has 1 fully saturated rings. The van der Waals surface area contributed by atoms with E-state index in [4.69, 9.17) is 21.7 Å². The molecule has 0 atom stereocenters. The molecule has 0 saturated carbocycles. The van der Waals surface area contributed by atoms with Gasteiger partial charge in [0, 0.05) is 12.1 Å². The Bertz CT molecular complexity index is 584. The molecule has 1 aromatic carbocycles. The van der Waals surface area contributed by atoms with Gasteiger partial charge in [-0.3, -0.25) is 9.69 Å². The lowest BCUT2D eigenvalue weighted by atomic mass is 10.1. The Labute approximate surface area is 127 Å². The Morgan fingerprint density at radius 3 is 2.65 bits per heavy atom. The quantitative estimate of drug-likeness (QED) is 0.631. The molecule has 0 aliphatic carbocycles. The van der Waals surface area contributed by atoms with Gasteiger partial charge in [-0.05, 0) is 31.2 Å². The summed E-state index contributed by atoms with van der Waals surface area (Å²) in [4.78, 5) is 14.4. The van der Waals surface area contributed by atoms with Crippen molar-refractivity contribution in [2.45, 2.75) is 6.92 Å². The van der Waals surface area contributed by atoms with Gasteiger partial charge in [0.15, 0.2) is 0 Å². The van der Waals surface area contributed by atoms with Crippen molar-refractivity contribution in [1.29, 1.82) is 0 Å². The van der Waals surface area contributed by atoms with Crippen molar-refractivity contribution in [2.75, 3.05) is 20.8 Å². The van der Waals surface area contributed by atoms with Crippen LogP contribution in [0.4, 0.5) is 0 Å². The first kappa shape index (κ1) is 14.9. The van der Waals surface area contributed by atoms with E-state index in [1.54, 1.807) is 25.2 Å². The van der Waals surface area contributed by atoms with Gasteiger partial charge < -0.3 is 9.47 Å². The molecule has 0 radical (unpaired) electrons. The number of benzene rings is 1. The highest BCUT2D eigenvalue weighted by Gasteiger charge is 2.30. The zero-order valence-electron chi connectivity index (χ0n) is 11.5. The standard InChI is InChI=1S/C14H15NO3S2/c1-4-15-13(16)12(20-14(15)19)8-9-7-10(17-2)5-6-11(9)18-3/h5-8H,4H2,1-3H3. The third-order valence-electron chi connectivity index (χ3n) is 2.91. The molecule has 6 heteroatoms. The Morgan fingerprint density at radius 2 is 2.10 bits per heavy atom. The second kappa shape index (κ2) is 6.28. The van der Waals surface area contributed by atoms with Gasteiger partial charge in [-0.1, -0.05) is 24.0 Å². The normalized spacial score (nSPS) is 16.9. The molecule has 20 heavy (non-hydrogen) atoms. The molecule has 0 N–H and O–H groups in total. The minimum absolute atomic E-state index is 0.0626. The van der Waals surface area contributed by atoms with Gasteiger partial charge in [0.25, 0.3) is 5.91 Å². The summed E-state index contributed by atoms with van der Waals surface area (Å²) in [5.74, 6) is 1.34. The third-order valence-corrected chi connectivity index (χ3v) is 4.29. The van der Waals surface area contributed by atoms with Crippen molar-refractivity contribution in [3.8, 4) is 11.5 Å². The maximum atomic E-state index is 12.2. The molecular formula is C14H15NO3S2. The first-order valence-corrected chi connectivity index (χ1v) is 7.30. The second-order valence-electron chi connectivity index (χ2n) is 4.03. The first-order chi connectivity index (χ1) is 9.60. The van der Waals surface area contributed by atoms with Gasteiger partial charge >= 0.3 is 0 Å².